The predicted octanol–water partition coefficient (Wildman–Crippen LogP) is 16.5. The number of hydrogen-bond donors (Lipinski definition) is 0. The highest BCUT2D eigenvalue weighted by Gasteiger charge is 2.21. The summed E-state index contributed by atoms with van der Waals surface area (Å²) >= 11 is 0. The molecule has 0 saturated heterocycles. The highest BCUT2D eigenvalue weighted by molar-refractivity contribution is 6.20. The van der Waals surface area contributed by atoms with Gasteiger partial charge in [0.25, 0.3) is 0 Å². The van der Waals surface area contributed by atoms with Crippen LogP contribution in [0.3, 0.4) is 0 Å². The van der Waals surface area contributed by atoms with E-state index in [0.29, 0.717) is 0 Å². The Morgan fingerprint density at radius 2 is 0.925 bits per heavy atom. The van der Waals surface area contributed by atoms with Crippen molar-refractivity contribution in [3.63, 3.8) is 0 Å². The second kappa shape index (κ2) is 13.7. The van der Waals surface area contributed by atoms with E-state index in [1.54, 1.807) is 0 Å². The number of nitrogens with zero attached hydrogens (tertiary/aromatic N) is 4. The molecule has 67 heavy (non-hydrogen) atoms. The zero-order chi connectivity index (χ0) is 43.7. The molecule has 0 atom stereocenters. The molecule has 0 radical (unpaired) electrons. The molecule has 0 N–H and O–H groups in total. The van der Waals surface area contributed by atoms with Crippen LogP contribution in [0.15, 0.2) is 223 Å². The first-order chi connectivity index (χ1) is 33.2. The standard InChI is InChI=1S/C62H36N4O/c1-2-14-39-35-55-51(34-38(39)13-1)47-31-29-44(66-54-21-9-5-16-46(54)48-30-27-37-12-3-4-15-45(37)62(48)66)36-56(47)65(55)43-28-26-40-32-42(25-24-41(40)33-43)60-61(64-53-20-8-7-19-52(53)63-60)50-18-11-23-58-59(50)49-17-6-10-22-57(49)67-58/h1-36H. The average molecular weight is 853 g/mol. The van der Waals surface area contributed by atoms with Crippen LogP contribution >= 0.6 is 0 Å². The smallest absolute Gasteiger partial charge is 0.136 e. The molecule has 11 aromatic carbocycles. The van der Waals surface area contributed by atoms with Crippen LogP contribution in [-0.4, -0.2) is 19.1 Å². The lowest BCUT2D eigenvalue weighted by molar-refractivity contribution is 0.669. The molecule has 0 amide bonds. The van der Waals surface area contributed by atoms with E-state index in [1.807, 2.05) is 48.5 Å². The summed E-state index contributed by atoms with van der Waals surface area (Å²) in [6, 6.07) is 78.6. The molecule has 0 aliphatic heterocycles. The number of fused-ring (bicyclic) bond motifs is 14. The largest absolute Gasteiger partial charge is 0.456 e. The van der Waals surface area contributed by atoms with E-state index < -0.39 is 0 Å². The molecule has 0 unspecified atom stereocenters. The lowest BCUT2D eigenvalue weighted by atomic mass is 9.97. The quantitative estimate of drug-likeness (QED) is 0.177. The third kappa shape index (κ3) is 5.31. The Hall–Kier alpha value is -9.06. The summed E-state index contributed by atoms with van der Waals surface area (Å²) in [6.45, 7) is 0. The molecule has 0 spiro atoms. The van der Waals surface area contributed by atoms with Crippen LogP contribution in [0.2, 0.25) is 0 Å². The Morgan fingerprint density at radius 1 is 0.328 bits per heavy atom. The minimum atomic E-state index is 0.830. The summed E-state index contributed by atoms with van der Waals surface area (Å²) < 4.78 is 11.3. The van der Waals surface area contributed by atoms with E-state index >= 15 is 0 Å². The number of aromatic nitrogens is 4. The van der Waals surface area contributed by atoms with Crippen molar-refractivity contribution in [2.24, 2.45) is 0 Å². The van der Waals surface area contributed by atoms with Gasteiger partial charge in [0.15, 0.2) is 0 Å². The molecule has 0 bridgehead atoms. The molecule has 4 heterocycles. The molecular formula is C62H36N4O. The van der Waals surface area contributed by atoms with Gasteiger partial charge >= 0.3 is 0 Å². The van der Waals surface area contributed by atoms with Crippen LogP contribution in [0.5, 0.6) is 0 Å². The van der Waals surface area contributed by atoms with E-state index in [9.17, 15) is 0 Å². The average Bonchev–Trinajstić information content (AvgIpc) is 4.05. The minimum absolute atomic E-state index is 0.830. The van der Waals surface area contributed by atoms with Gasteiger partial charge in [-0.25, -0.2) is 9.97 Å². The van der Waals surface area contributed by atoms with Gasteiger partial charge in [-0.2, -0.15) is 0 Å². The lowest BCUT2D eigenvalue weighted by Crippen LogP contribution is -1.98. The number of benzene rings is 11. The molecular weight excluding hydrogens is 817 g/mol. The van der Waals surface area contributed by atoms with Crippen LogP contribution in [0, 0.1) is 0 Å². The summed E-state index contributed by atoms with van der Waals surface area (Å²) in [4.78, 5) is 10.7. The fourth-order valence-electron chi connectivity index (χ4n) is 11.0. The summed E-state index contributed by atoms with van der Waals surface area (Å²) in [5.41, 5.74) is 14.0. The molecule has 15 aromatic rings. The molecule has 0 fully saturated rings. The summed E-state index contributed by atoms with van der Waals surface area (Å²) in [6.07, 6.45) is 0. The number of rotatable bonds is 4. The van der Waals surface area contributed by atoms with Crippen LogP contribution in [0.25, 0.3) is 143 Å². The zero-order valence-electron chi connectivity index (χ0n) is 36.0. The molecule has 0 saturated carbocycles. The Balaban J connectivity index is 0.943. The van der Waals surface area contributed by atoms with Gasteiger partial charge in [-0.1, -0.05) is 146 Å². The van der Waals surface area contributed by atoms with Crippen molar-refractivity contribution in [2.75, 3.05) is 0 Å². The predicted molar refractivity (Wildman–Crippen MR) is 279 cm³/mol. The maximum Gasteiger partial charge on any atom is 0.136 e. The maximum absolute atomic E-state index is 6.35. The molecule has 0 aliphatic carbocycles. The van der Waals surface area contributed by atoms with Crippen molar-refractivity contribution in [1.29, 1.82) is 0 Å². The van der Waals surface area contributed by atoms with Crippen molar-refractivity contribution in [3.8, 4) is 33.9 Å². The van der Waals surface area contributed by atoms with E-state index in [-0.39, 0.29) is 0 Å². The highest BCUT2D eigenvalue weighted by atomic mass is 16.3. The van der Waals surface area contributed by atoms with E-state index in [0.717, 1.165) is 83.2 Å². The highest BCUT2D eigenvalue weighted by Crippen LogP contribution is 2.43. The van der Waals surface area contributed by atoms with Gasteiger partial charge in [0.05, 0.1) is 44.5 Å². The fraction of sp³-hybridized carbons (Fsp3) is 0. The molecule has 15 rings (SSSR count). The van der Waals surface area contributed by atoms with Gasteiger partial charge in [-0.05, 0) is 99.7 Å². The summed E-state index contributed by atoms with van der Waals surface area (Å²) in [5, 5.41) is 14.2. The first-order valence-corrected chi connectivity index (χ1v) is 22.8. The van der Waals surface area contributed by atoms with E-state index in [4.69, 9.17) is 14.4 Å². The van der Waals surface area contributed by atoms with Crippen molar-refractivity contribution >= 4 is 109 Å². The van der Waals surface area contributed by atoms with E-state index in [1.165, 1.54) is 59.6 Å². The van der Waals surface area contributed by atoms with Crippen molar-refractivity contribution in [1.82, 2.24) is 19.1 Å². The molecule has 5 heteroatoms. The second-order valence-corrected chi connectivity index (χ2v) is 17.7. The molecule has 5 nitrogen and oxygen atoms in total. The first-order valence-electron chi connectivity index (χ1n) is 22.8. The molecule has 310 valence electrons. The Kier molecular flexibility index (Phi) is 7.44. The summed E-state index contributed by atoms with van der Waals surface area (Å²) in [7, 11) is 0. The lowest BCUT2D eigenvalue weighted by Gasteiger charge is -2.14. The topological polar surface area (TPSA) is 48.8 Å². The molecule has 4 aromatic heterocycles. The SMILES string of the molecule is c1ccc2cc3c(cc2c1)c1ccc(-n2c4ccccc4c4ccc5ccccc5c42)cc1n3-c1ccc2cc(-c3nc4ccccc4nc3-c3cccc4oc5ccccc5c34)ccc2c1. The van der Waals surface area contributed by atoms with Crippen LogP contribution < -0.4 is 0 Å². The van der Waals surface area contributed by atoms with Gasteiger partial charge in [0, 0.05) is 60.2 Å². The van der Waals surface area contributed by atoms with Gasteiger partial charge in [-0.3, -0.25) is 0 Å². The number of para-hydroxylation sites is 4. The monoisotopic (exact) mass is 852 g/mol. The van der Waals surface area contributed by atoms with Crippen LogP contribution in [-0.2, 0) is 0 Å². The van der Waals surface area contributed by atoms with Crippen molar-refractivity contribution in [2.45, 2.75) is 0 Å². The minimum Gasteiger partial charge on any atom is -0.456 e. The normalized spacial score (nSPS) is 12.2. The third-order valence-electron chi connectivity index (χ3n) is 14.0. The Morgan fingerprint density at radius 3 is 1.81 bits per heavy atom. The van der Waals surface area contributed by atoms with Gasteiger partial charge < -0.3 is 13.6 Å². The maximum atomic E-state index is 6.35. The Labute approximate surface area is 383 Å². The first kappa shape index (κ1) is 36.3. The second-order valence-electron chi connectivity index (χ2n) is 17.7. The number of hydrogen-bond acceptors (Lipinski definition) is 3. The van der Waals surface area contributed by atoms with Gasteiger partial charge in [-0.15, -0.1) is 0 Å². The third-order valence-corrected chi connectivity index (χ3v) is 14.0. The molecule has 0 aliphatic rings. The number of furan rings is 1. The van der Waals surface area contributed by atoms with E-state index in [2.05, 4.69) is 179 Å². The summed E-state index contributed by atoms with van der Waals surface area (Å²) in [5.74, 6) is 0. The van der Waals surface area contributed by atoms with Gasteiger partial charge in [0.1, 0.15) is 11.2 Å². The van der Waals surface area contributed by atoms with Crippen molar-refractivity contribution in [3.05, 3.63) is 218 Å². The van der Waals surface area contributed by atoms with Crippen molar-refractivity contribution < 1.29 is 4.42 Å². The Bertz CT molecular complexity index is 4590. The van der Waals surface area contributed by atoms with Crippen LogP contribution in [0.4, 0.5) is 0 Å². The fourth-order valence-corrected chi connectivity index (χ4v) is 11.0. The van der Waals surface area contributed by atoms with Gasteiger partial charge in [0.2, 0.25) is 0 Å². The van der Waals surface area contributed by atoms with Crippen LogP contribution in [0.1, 0.15) is 0 Å². The zero-order valence-corrected chi connectivity index (χ0v) is 36.0.